The minimum absolute atomic E-state index is 0.0141. The molecule has 0 bridgehead atoms. The number of halogens is 2. The van der Waals surface area contributed by atoms with Crippen LogP contribution in [0.2, 0.25) is 10.0 Å². The molecule has 2 N–H and O–H groups in total. The highest BCUT2D eigenvalue weighted by Gasteiger charge is 2.30. The van der Waals surface area contributed by atoms with Crippen LogP contribution in [-0.4, -0.2) is 51.2 Å². The molecule has 40 heavy (non-hydrogen) atoms. The van der Waals surface area contributed by atoms with Crippen LogP contribution in [0.1, 0.15) is 37.4 Å². The van der Waals surface area contributed by atoms with Gasteiger partial charge in [-0.15, -0.1) is 0 Å². The van der Waals surface area contributed by atoms with Crippen molar-refractivity contribution in [3.05, 3.63) is 98.7 Å². The highest BCUT2D eigenvalue weighted by molar-refractivity contribution is 7.90. The molecule has 206 valence electrons. The SMILES string of the molecule is C[S+]([O-])c1cccc(CC(NC(=O)c2c(Cl)cc3c(c2Cl)CCN(C(=O)c2ccc4ccoc4c2)C3)C(=O)O)c1. The number of amides is 2. The maximum atomic E-state index is 13.2. The lowest BCUT2D eigenvalue weighted by molar-refractivity contribution is -0.139. The summed E-state index contributed by atoms with van der Waals surface area (Å²) in [5.74, 6) is -2.12. The predicted molar refractivity (Wildman–Crippen MR) is 152 cm³/mol. The lowest BCUT2D eigenvalue weighted by atomic mass is 9.95. The summed E-state index contributed by atoms with van der Waals surface area (Å²) in [5, 5.41) is 13.4. The van der Waals surface area contributed by atoms with E-state index >= 15 is 0 Å². The Morgan fingerprint density at radius 2 is 1.95 bits per heavy atom. The first-order valence-electron chi connectivity index (χ1n) is 12.3. The van der Waals surface area contributed by atoms with E-state index in [4.69, 9.17) is 27.6 Å². The molecule has 4 aromatic rings. The van der Waals surface area contributed by atoms with E-state index in [1.54, 1.807) is 53.6 Å². The zero-order chi connectivity index (χ0) is 28.6. The third-order valence-corrected chi connectivity index (χ3v) is 8.53. The molecule has 2 unspecified atom stereocenters. The first-order chi connectivity index (χ1) is 19.1. The van der Waals surface area contributed by atoms with Crippen molar-refractivity contribution in [2.45, 2.75) is 30.3 Å². The summed E-state index contributed by atoms with van der Waals surface area (Å²) < 4.78 is 17.2. The number of carbonyl (C=O) groups excluding carboxylic acids is 2. The molecule has 2 atom stereocenters. The Bertz CT molecular complexity index is 1640. The number of hydrogen-bond acceptors (Lipinski definition) is 5. The number of aliphatic carboxylic acids is 1. The number of benzene rings is 3. The standard InChI is InChI=1S/C29H24Cl2N2O6S/c1-40(38)20-4-2-3-16(11-20)12-23(29(36)37)32-27(34)25-22(30)13-19-15-33(9-7-21(19)26(25)31)28(35)18-6-5-17-8-10-39-24(17)14-18/h2-6,8,10-11,13-14,23H,7,9,12,15H2,1H3,(H,32,34)(H,36,37). The number of hydrogen-bond donors (Lipinski definition) is 2. The normalized spacial score (nSPS) is 14.4. The molecule has 3 aromatic carbocycles. The first kappa shape index (κ1) is 28.0. The Labute approximate surface area is 243 Å². The fourth-order valence-electron chi connectivity index (χ4n) is 4.82. The largest absolute Gasteiger partial charge is 0.612 e. The second-order valence-electron chi connectivity index (χ2n) is 9.50. The van der Waals surface area contributed by atoms with Gasteiger partial charge in [0.25, 0.3) is 11.8 Å². The number of nitrogens with zero attached hydrogens (tertiary/aromatic N) is 1. The van der Waals surface area contributed by atoms with Crippen LogP contribution < -0.4 is 5.32 Å². The number of carbonyl (C=O) groups is 3. The van der Waals surface area contributed by atoms with Gasteiger partial charge in [0.2, 0.25) is 0 Å². The van der Waals surface area contributed by atoms with Gasteiger partial charge in [0.05, 0.1) is 21.9 Å². The van der Waals surface area contributed by atoms with Crippen molar-refractivity contribution in [2.75, 3.05) is 12.8 Å². The zero-order valence-corrected chi connectivity index (χ0v) is 23.6. The first-order valence-corrected chi connectivity index (χ1v) is 14.7. The molecule has 0 saturated carbocycles. The van der Waals surface area contributed by atoms with E-state index in [0.717, 1.165) is 5.39 Å². The minimum Gasteiger partial charge on any atom is -0.612 e. The van der Waals surface area contributed by atoms with E-state index < -0.39 is 29.1 Å². The number of nitrogens with one attached hydrogen (secondary N) is 1. The van der Waals surface area contributed by atoms with Gasteiger partial charge in [0.1, 0.15) is 17.9 Å². The molecule has 0 spiro atoms. The Kier molecular flexibility index (Phi) is 8.09. The Balaban J connectivity index is 1.34. The van der Waals surface area contributed by atoms with Gasteiger partial charge in [0.15, 0.2) is 4.90 Å². The molecule has 8 nitrogen and oxygen atoms in total. The van der Waals surface area contributed by atoms with Crippen molar-refractivity contribution in [2.24, 2.45) is 0 Å². The summed E-state index contributed by atoms with van der Waals surface area (Å²) in [6, 6.07) is 14.2. The lowest BCUT2D eigenvalue weighted by Crippen LogP contribution is -2.42. The Hall–Kier alpha value is -3.50. The summed E-state index contributed by atoms with van der Waals surface area (Å²) >= 11 is 11.9. The van der Waals surface area contributed by atoms with Crippen molar-refractivity contribution in [3.8, 4) is 0 Å². The van der Waals surface area contributed by atoms with Gasteiger partial charge in [-0.05, 0) is 70.7 Å². The summed E-state index contributed by atoms with van der Waals surface area (Å²) in [7, 11) is 0. The molecule has 2 amide bonds. The summed E-state index contributed by atoms with van der Waals surface area (Å²) in [6.45, 7) is 0.621. The molecule has 0 radical (unpaired) electrons. The van der Waals surface area contributed by atoms with Crippen molar-refractivity contribution in [3.63, 3.8) is 0 Å². The van der Waals surface area contributed by atoms with E-state index in [0.29, 0.717) is 45.7 Å². The van der Waals surface area contributed by atoms with Crippen LogP contribution >= 0.6 is 23.2 Å². The molecule has 1 aliphatic heterocycles. The van der Waals surface area contributed by atoms with Crippen LogP contribution in [0.25, 0.3) is 11.0 Å². The molecule has 1 aliphatic rings. The minimum atomic E-state index is -1.27. The van der Waals surface area contributed by atoms with E-state index in [-0.39, 0.29) is 34.5 Å². The Morgan fingerprint density at radius 3 is 2.70 bits per heavy atom. The van der Waals surface area contributed by atoms with Gasteiger partial charge in [-0.25, -0.2) is 4.79 Å². The van der Waals surface area contributed by atoms with Gasteiger partial charge >= 0.3 is 5.97 Å². The Morgan fingerprint density at radius 1 is 1.15 bits per heavy atom. The molecule has 2 heterocycles. The van der Waals surface area contributed by atoms with Gasteiger partial charge in [-0.2, -0.15) is 0 Å². The number of fused-ring (bicyclic) bond motifs is 2. The van der Waals surface area contributed by atoms with Crippen molar-refractivity contribution >= 4 is 63.1 Å². The topological polar surface area (TPSA) is 123 Å². The molecular weight excluding hydrogens is 575 g/mol. The van der Waals surface area contributed by atoms with Crippen LogP contribution in [-0.2, 0) is 35.4 Å². The molecule has 0 fully saturated rings. The predicted octanol–water partition coefficient (Wildman–Crippen LogP) is 5.10. The number of rotatable bonds is 7. The summed E-state index contributed by atoms with van der Waals surface area (Å²) in [5.41, 5.74) is 3.11. The molecule has 11 heteroatoms. The summed E-state index contributed by atoms with van der Waals surface area (Å²) in [4.78, 5) is 40.6. The van der Waals surface area contributed by atoms with Gasteiger partial charge in [-0.1, -0.05) is 41.4 Å². The van der Waals surface area contributed by atoms with Crippen LogP contribution in [0, 0.1) is 0 Å². The maximum absolute atomic E-state index is 13.2. The number of carboxylic acids is 1. The molecule has 5 rings (SSSR count). The molecular formula is C29H24Cl2N2O6S. The fourth-order valence-corrected chi connectivity index (χ4v) is 6.17. The average molecular weight is 599 g/mol. The maximum Gasteiger partial charge on any atom is 0.326 e. The van der Waals surface area contributed by atoms with Crippen LogP contribution in [0.4, 0.5) is 0 Å². The molecule has 0 saturated heterocycles. The third-order valence-electron chi connectivity index (χ3n) is 6.90. The zero-order valence-electron chi connectivity index (χ0n) is 21.3. The number of carboxylic acid groups (broad SMARTS) is 1. The highest BCUT2D eigenvalue weighted by atomic mass is 35.5. The number of furan rings is 1. The van der Waals surface area contributed by atoms with Crippen molar-refractivity contribution in [1.82, 2.24) is 10.2 Å². The molecule has 0 aliphatic carbocycles. The van der Waals surface area contributed by atoms with E-state index in [2.05, 4.69) is 5.32 Å². The molecule has 1 aromatic heterocycles. The van der Waals surface area contributed by atoms with Crippen LogP contribution in [0.5, 0.6) is 0 Å². The van der Waals surface area contributed by atoms with Gasteiger partial charge in [0, 0.05) is 30.5 Å². The van der Waals surface area contributed by atoms with Crippen LogP contribution in [0.3, 0.4) is 0 Å². The summed E-state index contributed by atoms with van der Waals surface area (Å²) in [6.07, 6.45) is 3.47. The van der Waals surface area contributed by atoms with Crippen LogP contribution in [0.15, 0.2) is 70.2 Å². The fraction of sp³-hybridized carbons (Fsp3) is 0.207. The van der Waals surface area contributed by atoms with Crippen molar-refractivity contribution < 1.29 is 28.5 Å². The van der Waals surface area contributed by atoms with Gasteiger partial charge in [-0.3, -0.25) is 9.59 Å². The van der Waals surface area contributed by atoms with E-state index in [9.17, 15) is 24.0 Å². The second-order valence-corrected chi connectivity index (χ2v) is 11.7. The van der Waals surface area contributed by atoms with E-state index in [1.807, 2.05) is 12.1 Å². The van der Waals surface area contributed by atoms with E-state index in [1.165, 1.54) is 6.26 Å². The van der Waals surface area contributed by atoms with Gasteiger partial charge < -0.3 is 24.3 Å². The monoisotopic (exact) mass is 598 g/mol. The highest BCUT2D eigenvalue weighted by Crippen LogP contribution is 2.35. The quantitative estimate of drug-likeness (QED) is 0.285. The second kappa shape index (κ2) is 11.5. The average Bonchev–Trinajstić information content (AvgIpc) is 3.40. The lowest BCUT2D eigenvalue weighted by Gasteiger charge is -2.30. The smallest absolute Gasteiger partial charge is 0.326 e. The third kappa shape index (κ3) is 5.69. The van der Waals surface area contributed by atoms with Crippen molar-refractivity contribution in [1.29, 1.82) is 0 Å².